The van der Waals surface area contributed by atoms with Crippen molar-refractivity contribution in [3.05, 3.63) is 0 Å². The number of carbonyl (C=O) groups excluding carboxylic acids is 1. The van der Waals surface area contributed by atoms with Crippen LogP contribution < -0.4 is 5.32 Å². The summed E-state index contributed by atoms with van der Waals surface area (Å²) in [5, 5.41) is 3.65. The summed E-state index contributed by atoms with van der Waals surface area (Å²) in [6, 6.07) is 1.01. The predicted molar refractivity (Wildman–Crippen MR) is 68.6 cm³/mol. The molecule has 2 fully saturated rings. The molecule has 1 N–H and O–H groups in total. The largest absolute Gasteiger partial charge is 0.450 e. The molecule has 0 saturated carbocycles. The number of likely N-dealkylation sites (tertiary alicyclic amines) is 1. The first-order valence-electron chi connectivity index (χ1n) is 7.05. The molecular weight excluding hydrogens is 232 g/mol. The van der Waals surface area contributed by atoms with Gasteiger partial charge in [-0.05, 0) is 32.6 Å². The third kappa shape index (κ3) is 3.85. The number of hydrogen-bond acceptors (Lipinski definition) is 4. The second-order valence-electron chi connectivity index (χ2n) is 5.04. The van der Waals surface area contributed by atoms with Crippen molar-refractivity contribution in [2.24, 2.45) is 0 Å². The van der Waals surface area contributed by atoms with Gasteiger partial charge in [0.15, 0.2) is 0 Å². The van der Waals surface area contributed by atoms with Crippen LogP contribution in [-0.2, 0) is 9.47 Å². The van der Waals surface area contributed by atoms with Crippen molar-refractivity contribution in [2.45, 2.75) is 44.7 Å². The Morgan fingerprint density at radius 3 is 2.72 bits per heavy atom. The van der Waals surface area contributed by atoms with Gasteiger partial charge in [0.25, 0.3) is 0 Å². The van der Waals surface area contributed by atoms with E-state index in [1.807, 2.05) is 6.92 Å². The molecule has 5 heteroatoms. The predicted octanol–water partition coefficient (Wildman–Crippen LogP) is 1.38. The average Bonchev–Trinajstić information content (AvgIpc) is 2.41. The number of nitrogens with zero attached hydrogens (tertiary/aromatic N) is 1. The van der Waals surface area contributed by atoms with Crippen molar-refractivity contribution in [2.75, 3.05) is 32.9 Å². The fourth-order valence-corrected chi connectivity index (χ4v) is 2.65. The van der Waals surface area contributed by atoms with E-state index in [1.54, 1.807) is 4.90 Å². The first kappa shape index (κ1) is 13.6. The van der Waals surface area contributed by atoms with Crippen molar-refractivity contribution < 1.29 is 14.3 Å². The van der Waals surface area contributed by atoms with Gasteiger partial charge in [-0.2, -0.15) is 0 Å². The number of nitrogens with one attached hydrogen (secondary N) is 1. The Labute approximate surface area is 109 Å². The Bertz CT molecular complexity index is 259. The SMILES string of the molecule is CCOC(=O)N1CCC(NC2CCCOC2)CC1. The normalized spacial score (nSPS) is 26.1. The number of piperidine rings is 1. The van der Waals surface area contributed by atoms with Crippen molar-refractivity contribution >= 4 is 6.09 Å². The van der Waals surface area contributed by atoms with Gasteiger partial charge in [-0.25, -0.2) is 4.79 Å². The fourth-order valence-electron chi connectivity index (χ4n) is 2.65. The molecule has 2 saturated heterocycles. The van der Waals surface area contributed by atoms with Gasteiger partial charge in [-0.15, -0.1) is 0 Å². The van der Waals surface area contributed by atoms with Crippen LogP contribution in [-0.4, -0.2) is 56.0 Å². The number of carbonyl (C=O) groups is 1. The molecule has 1 amide bonds. The van der Waals surface area contributed by atoms with Crippen molar-refractivity contribution in [3.8, 4) is 0 Å². The molecule has 0 spiro atoms. The average molecular weight is 256 g/mol. The first-order chi connectivity index (χ1) is 8.79. The molecule has 2 aliphatic rings. The van der Waals surface area contributed by atoms with Gasteiger partial charge >= 0.3 is 6.09 Å². The van der Waals surface area contributed by atoms with E-state index in [9.17, 15) is 4.79 Å². The molecule has 1 atom stereocenters. The van der Waals surface area contributed by atoms with Crippen LogP contribution in [0.25, 0.3) is 0 Å². The minimum absolute atomic E-state index is 0.169. The lowest BCUT2D eigenvalue weighted by Gasteiger charge is -2.35. The van der Waals surface area contributed by atoms with Gasteiger partial charge < -0.3 is 19.7 Å². The molecular formula is C13H24N2O3. The second kappa shape index (κ2) is 6.95. The summed E-state index contributed by atoms with van der Waals surface area (Å²) in [4.78, 5) is 13.4. The van der Waals surface area contributed by atoms with Gasteiger partial charge in [-0.1, -0.05) is 0 Å². The molecule has 18 heavy (non-hydrogen) atoms. The number of amides is 1. The lowest BCUT2D eigenvalue weighted by molar-refractivity contribution is 0.0589. The molecule has 2 heterocycles. The fraction of sp³-hybridized carbons (Fsp3) is 0.923. The van der Waals surface area contributed by atoms with E-state index in [-0.39, 0.29) is 6.09 Å². The molecule has 0 aromatic rings. The van der Waals surface area contributed by atoms with E-state index in [2.05, 4.69) is 5.32 Å². The summed E-state index contributed by atoms with van der Waals surface area (Å²) in [5.74, 6) is 0. The Morgan fingerprint density at radius 2 is 2.11 bits per heavy atom. The maximum Gasteiger partial charge on any atom is 0.409 e. The lowest BCUT2D eigenvalue weighted by Crippen LogP contribution is -2.49. The van der Waals surface area contributed by atoms with Gasteiger partial charge in [-0.3, -0.25) is 0 Å². The maximum absolute atomic E-state index is 11.6. The Hall–Kier alpha value is -0.810. The van der Waals surface area contributed by atoms with Crippen molar-refractivity contribution in [3.63, 3.8) is 0 Å². The van der Waals surface area contributed by atoms with E-state index >= 15 is 0 Å². The third-order valence-electron chi connectivity index (χ3n) is 3.65. The number of ether oxygens (including phenoxy) is 2. The monoisotopic (exact) mass is 256 g/mol. The molecule has 0 radical (unpaired) electrons. The lowest BCUT2D eigenvalue weighted by atomic mass is 10.0. The van der Waals surface area contributed by atoms with Crippen LogP contribution in [0.5, 0.6) is 0 Å². The Morgan fingerprint density at radius 1 is 1.33 bits per heavy atom. The van der Waals surface area contributed by atoms with Crippen LogP contribution >= 0.6 is 0 Å². The van der Waals surface area contributed by atoms with Gasteiger partial charge in [0.1, 0.15) is 0 Å². The smallest absolute Gasteiger partial charge is 0.409 e. The second-order valence-corrected chi connectivity index (χ2v) is 5.04. The van der Waals surface area contributed by atoms with Crippen LogP contribution in [0, 0.1) is 0 Å². The molecule has 0 aromatic carbocycles. The summed E-state index contributed by atoms with van der Waals surface area (Å²) in [6.07, 6.45) is 4.21. The maximum atomic E-state index is 11.6. The molecule has 2 aliphatic heterocycles. The standard InChI is InChI=1S/C13H24N2O3/c1-2-18-13(16)15-7-5-11(6-8-15)14-12-4-3-9-17-10-12/h11-12,14H,2-10H2,1H3. The topological polar surface area (TPSA) is 50.8 Å². The van der Waals surface area contributed by atoms with Gasteiger partial charge in [0.05, 0.1) is 13.2 Å². The summed E-state index contributed by atoms with van der Waals surface area (Å²) in [5.41, 5.74) is 0. The van der Waals surface area contributed by atoms with E-state index in [4.69, 9.17) is 9.47 Å². The third-order valence-corrected chi connectivity index (χ3v) is 3.65. The molecule has 1 unspecified atom stereocenters. The number of rotatable bonds is 3. The van der Waals surface area contributed by atoms with Gasteiger partial charge in [0.2, 0.25) is 0 Å². The van der Waals surface area contributed by atoms with E-state index in [0.29, 0.717) is 18.7 Å². The summed E-state index contributed by atoms with van der Waals surface area (Å²) < 4.78 is 10.5. The Kier molecular flexibility index (Phi) is 5.26. The van der Waals surface area contributed by atoms with Crippen LogP contribution in [0.4, 0.5) is 4.79 Å². The zero-order valence-corrected chi connectivity index (χ0v) is 11.2. The highest BCUT2D eigenvalue weighted by atomic mass is 16.6. The highest BCUT2D eigenvalue weighted by molar-refractivity contribution is 5.67. The molecule has 0 aromatic heterocycles. The highest BCUT2D eigenvalue weighted by Crippen LogP contribution is 2.14. The van der Waals surface area contributed by atoms with Crippen molar-refractivity contribution in [1.29, 1.82) is 0 Å². The summed E-state index contributed by atoms with van der Waals surface area (Å²) in [7, 11) is 0. The summed E-state index contributed by atoms with van der Waals surface area (Å²) in [6.45, 7) is 5.62. The van der Waals surface area contributed by atoms with E-state index < -0.39 is 0 Å². The van der Waals surface area contributed by atoms with Gasteiger partial charge in [0, 0.05) is 31.8 Å². The van der Waals surface area contributed by atoms with E-state index in [1.165, 1.54) is 6.42 Å². The van der Waals surface area contributed by atoms with Crippen LogP contribution in [0.3, 0.4) is 0 Å². The Balaban J connectivity index is 1.68. The number of hydrogen-bond donors (Lipinski definition) is 1. The van der Waals surface area contributed by atoms with Crippen LogP contribution in [0.1, 0.15) is 32.6 Å². The first-order valence-corrected chi connectivity index (χ1v) is 7.05. The molecule has 104 valence electrons. The minimum atomic E-state index is -0.169. The van der Waals surface area contributed by atoms with E-state index in [0.717, 1.165) is 45.6 Å². The minimum Gasteiger partial charge on any atom is -0.450 e. The zero-order chi connectivity index (χ0) is 12.8. The van der Waals surface area contributed by atoms with Crippen LogP contribution in [0.15, 0.2) is 0 Å². The highest BCUT2D eigenvalue weighted by Gasteiger charge is 2.25. The summed E-state index contributed by atoms with van der Waals surface area (Å²) >= 11 is 0. The molecule has 2 rings (SSSR count). The zero-order valence-electron chi connectivity index (χ0n) is 11.2. The molecule has 0 bridgehead atoms. The molecule has 5 nitrogen and oxygen atoms in total. The quantitative estimate of drug-likeness (QED) is 0.828. The van der Waals surface area contributed by atoms with Crippen LogP contribution in [0.2, 0.25) is 0 Å². The van der Waals surface area contributed by atoms with Crippen molar-refractivity contribution in [1.82, 2.24) is 10.2 Å². The molecule has 0 aliphatic carbocycles.